The van der Waals surface area contributed by atoms with Crippen molar-refractivity contribution in [2.24, 2.45) is 0 Å². The Morgan fingerprint density at radius 3 is 2.74 bits per heavy atom. The lowest BCUT2D eigenvalue weighted by molar-refractivity contribution is -0.129. The molecular weight excluding hydrogens is 388 g/mol. The molecule has 1 aliphatic heterocycles. The maximum Gasteiger partial charge on any atom is 0.220 e. The van der Waals surface area contributed by atoms with E-state index in [1.165, 1.54) is 10.9 Å². The standard InChI is InChI=1S/C24H30N6O/c1-17(31)30-13-7-11-22(30)24-26-19(14-23(27-24)28(2)3)16-29(4)15-18-8-5-10-21-20(18)9-6-12-25-21/h5-6,8-10,12,14,22H,7,11,13,15-16H2,1-4H3/t22-/m0/s1. The highest BCUT2D eigenvalue weighted by atomic mass is 16.2. The van der Waals surface area contributed by atoms with Crippen LogP contribution < -0.4 is 4.90 Å². The van der Waals surface area contributed by atoms with Crippen molar-refractivity contribution >= 4 is 22.6 Å². The molecule has 3 aromatic rings. The van der Waals surface area contributed by atoms with E-state index < -0.39 is 0 Å². The first kappa shape index (κ1) is 21.2. The molecule has 31 heavy (non-hydrogen) atoms. The van der Waals surface area contributed by atoms with Crippen molar-refractivity contribution < 1.29 is 4.79 Å². The summed E-state index contributed by atoms with van der Waals surface area (Å²) in [5.41, 5.74) is 3.22. The van der Waals surface area contributed by atoms with Gasteiger partial charge in [-0.2, -0.15) is 0 Å². The number of rotatable bonds is 6. The lowest BCUT2D eigenvalue weighted by Gasteiger charge is -2.24. The Morgan fingerprint density at radius 2 is 1.97 bits per heavy atom. The molecule has 162 valence electrons. The summed E-state index contributed by atoms with van der Waals surface area (Å²) in [4.78, 5) is 32.3. The third-order valence-corrected chi connectivity index (χ3v) is 5.80. The molecule has 1 fully saturated rings. The molecule has 1 saturated heterocycles. The first-order valence-corrected chi connectivity index (χ1v) is 10.8. The molecule has 0 spiro atoms. The summed E-state index contributed by atoms with van der Waals surface area (Å²) in [7, 11) is 6.07. The maximum atomic E-state index is 12.1. The first-order valence-electron chi connectivity index (χ1n) is 10.8. The Balaban J connectivity index is 1.58. The summed E-state index contributed by atoms with van der Waals surface area (Å²) in [6.07, 6.45) is 3.73. The second-order valence-corrected chi connectivity index (χ2v) is 8.50. The monoisotopic (exact) mass is 418 g/mol. The van der Waals surface area contributed by atoms with Gasteiger partial charge >= 0.3 is 0 Å². The Bertz CT molecular complexity index is 1080. The van der Waals surface area contributed by atoms with Crippen LogP contribution in [-0.4, -0.2) is 58.3 Å². The van der Waals surface area contributed by atoms with E-state index in [4.69, 9.17) is 9.97 Å². The lowest BCUT2D eigenvalue weighted by Crippen LogP contribution is -2.30. The van der Waals surface area contributed by atoms with Gasteiger partial charge in [-0.25, -0.2) is 9.97 Å². The number of carbonyl (C=O) groups is 1. The number of fused-ring (bicyclic) bond motifs is 1. The van der Waals surface area contributed by atoms with E-state index in [-0.39, 0.29) is 11.9 Å². The Hall–Kier alpha value is -3.06. The van der Waals surface area contributed by atoms with E-state index in [1.54, 1.807) is 6.92 Å². The van der Waals surface area contributed by atoms with Crippen LogP contribution in [0.3, 0.4) is 0 Å². The van der Waals surface area contributed by atoms with Gasteiger partial charge in [0.1, 0.15) is 5.82 Å². The Morgan fingerprint density at radius 1 is 1.13 bits per heavy atom. The van der Waals surface area contributed by atoms with Gasteiger partial charge in [0.05, 0.1) is 17.3 Å². The highest BCUT2D eigenvalue weighted by Crippen LogP contribution is 2.31. The third kappa shape index (κ3) is 4.66. The second-order valence-electron chi connectivity index (χ2n) is 8.50. The summed E-state index contributed by atoms with van der Waals surface area (Å²) in [5, 5.41) is 1.18. The maximum absolute atomic E-state index is 12.1. The molecule has 4 rings (SSSR count). The average Bonchev–Trinajstić information content (AvgIpc) is 3.24. The second kappa shape index (κ2) is 8.98. The zero-order valence-corrected chi connectivity index (χ0v) is 18.7. The molecule has 1 aliphatic rings. The summed E-state index contributed by atoms with van der Waals surface area (Å²) in [6, 6.07) is 12.4. The van der Waals surface area contributed by atoms with Crippen LogP contribution in [0.2, 0.25) is 0 Å². The predicted molar refractivity (Wildman–Crippen MR) is 123 cm³/mol. The SMILES string of the molecule is CC(=O)N1CCC[C@H]1c1nc(CN(C)Cc2cccc3ncccc23)cc(N(C)C)n1. The van der Waals surface area contributed by atoms with Crippen molar-refractivity contribution in [3.05, 3.63) is 59.7 Å². The Kier molecular flexibility index (Phi) is 6.13. The topological polar surface area (TPSA) is 65.5 Å². The molecule has 0 unspecified atom stereocenters. The molecule has 3 heterocycles. The van der Waals surface area contributed by atoms with Crippen LogP contribution in [0.4, 0.5) is 5.82 Å². The van der Waals surface area contributed by atoms with Crippen LogP contribution in [0, 0.1) is 0 Å². The molecule has 1 aromatic carbocycles. The summed E-state index contributed by atoms with van der Waals surface area (Å²) >= 11 is 0. The number of benzene rings is 1. The molecule has 2 aromatic heterocycles. The van der Waals surface area contributed by atoms with E-state index in [9.17, 15) is 4.79 Å². The number of nitrogens with zero attached hydrogens (tertiary/aromatic N) is 6. The summed E-state index contributed by atoms with van der Waals surface area (Å²) < 4.78 is 0. The number of carbonyl (C=O) groups excluding carboxylic acids is 1. The van der Waals surface area contributed by atoms with Gasteiger partial charge in [0.15, 0.2) is 5.82 Å². The minimum absolute atomic E-state index is 0.0365. The number of pyridine rings is 1. The van der Waals surface area contributed by atoms with Gasteiger partial charge in [-0.1, -0.05) is 18.2 Å². The van der Waals surface area contributed by atoms with Gasteiger partial charge in [0, 0.05) is 58.3 Å². The number of aromatic nitrogens is 3. The van der Waals surface area contributed by atoms with Crippen LogP contribution in [0.1, 0.15) is 42.9 Å². The molecule has 0 N–H and O–H groups in total. The van der Waals surface area contributed by atoms with Crippen molar-refractivity contribution in [2.75, 3.05) is 32.6 Å². The van der Waals surface area contributed by atoms with Gasteiger partial charge < -0.3 is 9.80 Å². The zero-order valence-electron chi connectivity index (χ0n) is 18.7. The number of hydrogen-bond acceptors (Lipinski definition) is 6. The van der Waals surface area contributed by atoms with E-state index >= 15 is 0 Å². The third-order valence-electron chi connectivity index (χ3n) is 5.80. The van der Waals surface area contributed by atoms with E-state index in [1.807, 2.05) is 48.3 Å². The van der Waals surface area contributed by atoms with Crippen molar-refractivity contribution in [3.63, 3.8) is 0 Å². The zero-order chi connectivity index (χ0) is 22.0. The van der Waals surface area contributed by atoms with E-state index in [2.05, 4.69) is 35.1 Å². The molecule has 7 nitrogen and oxygen atoms in total. The van der Waals surface area contributed by atoms with Gasteiger partial charge in [0.25, 0.3) is 0 Å². The average molecular weight is 419 g/mol. The highest BCUT2D eigenvalue weighted by Gasteiger charge is 2.30. The number of anilines is 1. The molecule has 1 amide bonds. The number of likely N-dealkylation sites (tertiary alicyclic amines) is 1. The van der Waals surface area contributed by atoms with Crippen molar-refractivity contribution in [1.29, 1.82) is 0 Å². The van der Waals surface area contributed by atoms with Gasteiger partial charge in [-0.05, 0) is 37.6 Å². The first-order chi connectivity index (χ1) is 14.9. The molecular formula is C24H30N6O. The van der Waals surface area contributed by atoms with Crippen LogP contribution in [-0.2, 0) is 17.9 Å². The normalized spacial score (nSPS) is 16.3. The smallest absolute Gasteiger partial charge is 0.220 e. The molecule has 1 atom stereocenters. The fourth-order valence-corrected chi connectivity index (χ4v) is 4.30. The molecule has 0 aliphatic carbocycles. The quantitative estimate of drug-likeness (QED) is 0.611. The fourth-order valence-electron chi connectivity index (χ4n) is 4.30. The Labute approximate surface area is 183 Å². The van der Waals surface area contributed by atoms with Crippen LogP contribution in [0.25, 0.3) is 10.9 Å². The molecule has 0 bridgehead atoms. The molecule has 0 saturated carbocycles. The molecule has 7 heteroatoms. The lowest BCUT2D eigenvalue weighted by atomic mass is 10.1. The summed E-state index contributed by atoms with van der Waals surface area (Å²) in [5.74, 6) is 1.71. The van der Waals surface area contributed by atoms with E-state index in [0.29, 0.717) is 6.54 Å². The van der Waals surface area contributed by atoms with Crippen LogP contribution >= 0.6 is 0 Å². The largest absolute Gasteiger partial charge is 0.363 e. The minimum atomic E-state index is -0.0365. The minimum Gasteiger partial charge on any atom is -0.363 e. The van der Waals surface area contributed by atoms with E-state index in [0.717, 1.165) is 48.8 Å². The van der Waals surface area contributed by atoms with Crippen LogP contribution in [0.15, 0.2) is 42.6 Å². The number of hydrogen-bond donors (Lipinski definition) is 0. The van der Waals surface area contributed by atoms with Crippen molar-refractivity contribution in [2.45, 2.75) is 38.9 Å². The van der Waals surface area contributed by atoms with Crippen molar-refractivity contribution in [1.82, 2.24) is 24.8 Å². The fraction of sp³-hybridized carbons (Fsp3) is 0.417. The summed E-state index contributed by atoms with van der Waals surface area (Å²) in [6.45, 7) is 3.89. The van der Waals surface area contributed by atoms with Crippen LogP contribution in [0.5, 0.6) is 0 Å². The van der Waals surface area contributed by atoms with Gasteiger partial charge in [0.2, 0.25) is 5.91 Å². The number of amides is 1. The predicted octanol–water partition coefficient (Wildman–Crippen LogP) is 3.41. The van der Waals surface area contributed by atoms with Gasteiger partial charge in [-0.15, -0.1) is 0 Å². The molecule has 0 radical (unpaired) electrons. The highest BCUT2D eigenvalue weighted by molar-refractivity contribution is 5.81. The van der Waals surface area contributed by atoms with Crippen molar-refractivity contribution in [3.8, 4) is 0 Å². The van der Waals surface area contributed by atoms with Gasteiger partial charge in [-0.3, -0.25) is 14.7 Å².